The van der Waals surface area contributed by atoms with Crippen LogP contribution in [0.1, 0.15) is 16.8 Å². The largest absolute Gasteiger partial charge is 0.456 e. The molecule has 2 rings (SSSR count). The smallest absolute Gasteiger partial charge is 0.338 e. The zero-order valence-corrected chi connectivity index (χ0v) is 7.98. The summed E-state index contributed by atoms with van der Waals surface area (Å²) < 4.78 is 22.8. The van der Waals surface area contributed by atoms with E-state index in [9.17, 15) is 9.18 Å². The number of aromatic nitrogens is 1. The maximum atomic E-state index is 12.7. The van der Waals surface area contributed by atoms with Gasteiger partial charge >= 0.3 is 5.97 Å². The first-order valence-electron chi connectivity index (χ1n) is 4.66. The molecule has 1 aliphatic rings. The van der Waals surface area contributed by atoms with E-state index >= 15 is 0 Å². The molecule has 1 aliphatic heterocycles. The molecule has 0 amide bonds. The van der Waals surface area contributed by atoms with Crippen LogP contribution in [0.4, 0.5) is 4.39 Å². The molecule has 0 radical (unpaired) electrons. The van der Waals surface area contributed by atoms with Crippen molar-refractivity contribution < 1.29 is 18.7 Å². The van der Waals surface area contributed by atoms with E-state index in [1.54, 1.807) is 0 Å². The lowest BCUT2D eigenvalue weighted by Gasteiger charge is -2.09. The molecule has 0 saturated carbocycles. The number of rotatable bonds is 2. The van der Waals surface area contributed by atoms with Crippen LogP contribution in [0.3, 0.4) is 0 Å². The van der Waals surface area contributed by atoms with Gasteiger partial charge in [-0.15, -0.1) is 0 Å². The molecule has 0 bridgehead atoms. The minimum absolute atomic E-state index is 0.175. The Bertz CT molecular complexity index is 363. The van der Waals surface area contributed by atoms with Gasteiger partial charge in [0.05, 0.1) is 18.8 Å². The molecule has 2 heterocycles. The summed E-state index contributed by atoms with van der Waals surface area (Å²) in [6.45, 7) is 1.02. The molecule has 1 aromatic rings. The molecule has 0 aromatic carbocycles. The molecule has 5 heteroatoms. The van der Waals surface area contributed by atoms with Crippen LogP contribution in [-0.4, -0.2) is 30.3 Å². The predicted molar refractivity (Wildman–Crippen MR) is 48.8 cm³/mol. The summed E-state index contributed by atoms with van der Waals surface area (Å²) in [6.07, 6.45) is 1.71. The monoisotopic (exact) mass is 211 g/mol. The number of nitrogens with zero attached hydrogens (tertiary/aromatic N) is 1. The molecule has 80 valence electrons. The number of esters is 1. The van der Waals surface area contributed by atoms with Crippen molar-refractivity contribution in [1.29, 1.82) is 0 Å². The highest BCUT2D eigenvalue weighted by Gasteiger charge is 2.20. The van der Waals surface area contributed by atoms with Gasteiger partial charge in [0.15, 0.2) is 0 Å². The Balaban J connectivity index is 2.01. The van der Waals surface area contributed by atoms with Gasteiger partial charge in [0, 0.05) is 18.7 Å². The molecule has 0 N–H and O–H groups in total. The van der Waals surface area contributed by atoms with Crippen molar-refractivity contribution in [2.24, 2.45) is 0 Å². The molecule has 1 atom stereocenters. The molecule has 1 saturated heterocycles. The lowest BCUT2D eigenvalue weighted by molar-refractivity contribution is 0.0270. The van der Waals surface area contributed by atoms with Crippen molar-refractivity contribution in [3.8, 4) is 0 Å². The third kappa shape index (κ3) is 2.50. The van der Waals surface area contributed by atoms with Gasteiger partial charge in [0.25, 0.3) is 0 Å². The Morgan fingerprint density at radius 3 is 3.20 bits per heavy atom. The molecular weight excluding hydrogens is 201 g/mol. The summed E-state index contributed by atoms with van der Waals surface area (Å²) in [5.74, 6) is -1.22. The zero-order valence-electron chi connectivity index (χ0n) is 7.98. The third-order valence-electron chi connectivity index (χ3n) is 2.12. The van der Waals surface area contributed by atoms with Gasteiger partial charge in [-0.1, -0.05) is 0 Å². The maximum absolute atomic E-state index is 12.7. The summed E-state index contributed by atoms with van der Waals surface area (Å²) in [6, 6.07) is 2.47. The number of hydrogen-bond donors (Lipinski definition) is 0. The van der Waals surface area contributed by atoms with Crippen molar-refractivity contribution in [2.75, 3.05) is 13.2 Å². The van der Waals surface area contributed by atoms with Gasteiger partial charge in [-0.05, 0) is 6.07 Å². The average Bonchev–Trinajstić information content (AvgIpc) is 2.70. The minimum atomic E-state index is -0.688. The number of hydrogen-bond acceptors (Lipinski definition) is 4. The number of carbonyl (C=O) groups excluding carboxylic acids is 1. The van der Waals surface area contributed by atoms with E-state index < -0.39 is 11.9 Å². The number of ether oxygens (including phenoxy) is 2. The molecule has 1 fully saturated rings. The van der Waals surface area contributed by atoms with Crippen LogP contribution in [0.5, 0.6) is 0 Å². The second kappa shape index (κ2) is 4.35. The zero-order chi connectivity index (χ0) is 10.7. The van der Waals surface area contributed by atoms with Gasteiger partial charge < -0.3 is 9.47 Å². The molecule has 4 nitrogen and oxygen atoms in total. The Labute approximate surface area is 86.0 Å². The molecule has 15 heavy (non-hydrogen) atoms. The summed E-state index contributed by atoms with van der Waals surface area (Å²) in [7, 11) is 0. The topological polar surface area (TPSA) is 48.4 Å². The Morgan fingerprint density at radius 2 is 2.53 bits per heavy atom. The van der Waals surface area contributed by atoms with Crippen molar-refractivity contribution >= 4 is 5.97 Å². The Morgan fingerprint density at radius 1 is 1.67 bits per heavy atom. The van der Waals surface area contributed by atoms with Crippen LogP contribution in [0.25, 0.3) is 0 Å². The van der Waals surface area contributed by atoms with Crippen LogP contribution in [0.15, 0.2) is 18.3 Å². The highest BCUT2D eigenvalue weighted by atomic mass is 19.1. The average molecular weight is 211 g/mol. The fourth-order valence-corrected chi connectivity index (χ4v) is 1.35. The van der Waals surface area contributed by atoms with Gasteiger partial charge in [-0.2, -0.15) is 4.39 Å². The predicted octanol–water partition coefficient (Wildman–Crippen LogP) is 1.17. The summed E-state index contributed by atoms with van der Waals surface area (Å²) in [5, 5.41) is 0. The second-order valence-corrected chi connectivity index (χ2v) is 3.26. The van der Waals surface area contributed by atoms with Crippen molar-refractivity contribution in [3.63, 3.8) is 0 Å². The van der Waals surface area contributed by atoms with Gasteiger partial charge in [0.1, 0.15) is 6.10 Å². The van der Waals surface area contributed by atoms with Gasteiger partial charge in [-0.3, -0.25) is 0 Å². The Hall–Kier alpha value is -1.49. The first-order chi connectivity index (χ1) is 7.25. The second-order valence-electron chi connectivity index (χ2n) is 3.26. The van der Waals surface area contributed by atoms with E-state index in [1.807, 2.05) is 0 Å². The lowest BCUT2D eigenvalue weighted by Crippen LogP contribution is -2.18. The fraction of sp³-hybridized carbons (Fsp3) is 0.400. The van der Waals surface area contributed by atoms with Crippen LogP contribution in [0, 0.1) is 5.95 Å². The van der Waals surface area contributed by atoms with Crippen LogP contribution in [-0.2, 0) is 9.47 Å². The molecule has 1 unspecified atom stereocenters. The lowest BCUT2D eigenvalue weighted by atomic mass is 10.2. The molecule has 0 aliphatic carbocycles. The van der Waals surface area contributed by atoms with E-state index in [1.165, 1.54) is 12.3 Å². The minimum Gasteiger partial charge on any atom is -0.456 e. The summed E-state index contributed by atoms with van der Waals surface area (Å²) in [4.78, 5) is 14.8. The highest BCUT2D eigenvalue weighted by molar-refractivity contribution is 5.89. The van der Waals surface area contributed by atoms with E-state index in [4.69, 9.17) is 9.47 Å². The van der Waals surface area contributed by atoms with Gasteiger partial charge in [0.2, 0.25) is 5.95 Å². The number of carbonyl (C=O) groups is 1. The molecule has 0 spiro atoms. The summed E-state index contributed by atoms with van der Waals surface area (Å²) in [5.41, 5.74) is 0.175. The van der Waals surface area contributed by atoms with Crippen LogP contribution >= 0.6 is 0 Å². The first kappa shape index (κ1) is 10.0. The van der Waals surface area contributed by atoms with Crippen molar-refractivity contribution in [1.82, 2.24) is 4.98 Å². The fourth-order valence-electron chi connectivity index (χ4n) is 1.35. The summed E-state index contributed by atoms with van der Waals surface area (Å²) >= 11 is 0. The van der Waals surface area contributed by atoms with E-state index in [0.717, 1.165) is 6.07 Å². The van der Waals surface area contributed by atoms with Crippen LogP contribution < -0.4 is 0 Å². The number of halogens is 1. The van der Waals surface area contributed by atoms with E-state index in [2.05, 4.69) is 4.98 Å². The van der Waals surface area contributed by atoms with Crippen molar-refractivity contribution in [3.05, 3.63) is 29.8 Å². The van der Waals surface area contributed by atoms with Crippen LogP contribution in [0.2, 0.25) is 0 Å². The standard InChI is InChI=1S/C10H10FNO3/c11-9-5-7(1-3-12-9)10(13)15-8-2-4-14-6-8/h1,3,5,8H,2,4,6H2. The first-order valence-corrected chi connectivity index (χ1v) is 4.66. The van der Waals surface area contributed by atoms with E-state index in [-0.39, 0.29) is 11.7 Å². The third-order valence-corrected chi connectivity index (χ3v) is 2.12. The Kier molecular flexibility index (Phi) is 2.91. The van der Waals surface area contributed by atoms with Crippen molar-refractivity contribution in [2.45, 2.75) is 12.5 Å². The van der Waals surface area contributed by atoms with Gasteiger partial charge in [-0.25, -0.2) is 9.78 Å². The normalized spacial score (nSPS) is 20.2. The quantitative estimate of drug-likeness (QED) is 0.544. The highest BCUT2D eigenvalue weighted by Crippen LogP contribution is 2.11. The number of pyridine rings is 1. The molecule has 1 aromatic heterocycles. The maximum Gasteiger partial charge on any atom is 0.338 e. The van der Waals surface area contributed by atoms with E-state index in [0.29, 0.717) is 19.6 Å². The SMILES string of the molecule is O=C(OC1CCOC1)c1ccnc(F)c1. The molecular formula is C10H10FNO3.